The molecule has 1 aromatic carbocycles. The van der Waals surface area contributed by atoms with Crippen LogP contribution in [-0.2, 0) is 30.7 Å². The number of carbonyl (C=O) groups is 1. The van der Waals surface area contributed by atoms with Crippen molar-refractivity contribution in [2.24, 2.45) is 5.92 Å². The van der Waals surface area contributed by atoms with E-state index < -0.39 is 0 Å². The third kappa shape index (κ3) is 4.93. The zero-order valence-corrected chi connectivity index (χ0v) is 18.9. The van der Waals surface area contributed by atoms with Gasteiger partial charge in [0.05, 0.1) is 20.3 Å². The standard InChI is InChI=1S/C24H34N4O3/c1-17(2)16-28-21-9-8-19(25-15-18-6-4-5-7-22(18)30-3)14-20(21)23(26-28)24(29)27-10-12-31-13-11-27/h4-7,17,19,25H,8-16H2,1-3H3/t19-/m0/s1. The Hall–Kier alpha value is -2.38. The number of para-hydroxylation sites is 1. The van der Waals surface area contributed by atoms with Crippen LogP contribution in [0.1, 0.15) is 47.6 Å². The minimum absolute atomic E-state index is 0.0486. The van der Waals surface area contributed by atoms with Crippen molar-refractivity contribution < 1.29 is 14.3 Å². The van der Waals surface area contributed by atoms with Gasteiger partial charge in [0.1, 0.15) is 5.75 Å². The largest absolute Gasteiger partial charge is 0.496 e. The van der Waals surface area contributed by atoms with Crippen LogP contribution >= 0.6 is 0 Å². The molecular weight excluding hydrogens is 392 g/mol. The van der Waals surface area contributed by atoms with Crippen LogP contribution in [0.3, 0.4) is 0 Å². The van der Waals surface area contributed by atoms with Gasteiger partial charge in [0, 0.05) is 49.0 Å². The summed E-state index contributed by atoms with van der Waals surface area (Å²) in [6, 6.07) is 8.42. The highest BCUT2D eigenvalue weighted by atomic mass is 16.5. The van der Waals surface area contributed by atoms with Crippen molar-refractivity contribution >= 4 is 5.91 Å². The summed E-state index contributed by atoms with van der Waals surface area (Å²) in [6.07, 6.45) is 2.81. The van der Waals surface area contributed by atoms with Crippen LogP contribution in [-0.4, -0.2) is 60.0 Å². The van der Waals surface area contributed by atoms with Gasteiger partial charge in [-0.15, -0.1) is 0 Å². The fourth-order valence-electron chi connectivity index (χ4n) is 4.55. The summed E-state index contributed by atoms with van der Waals surface area (Å²) in [5.74, 6) is 1.43. The predicted molar refractivity (Wildman–Crippen MR) is 119 cm³/mol. The van der Waals surface area contributed by atoms with Crippen LogP contribution in [0.15, 0.2) is 24.3 Å². The quantitative estimate of drug-likeness (QED) is 0.737. The van der Waals surface area contributed by atoms with Crippen molar-refractivity contribution in [3.63, 3.8) is 0 Å². The molecule has 0 saturated carbocycles. The summed E-state index contributed by atoms with van der Waals surface area (Å²) in [5.41, 5.74) is 4.15. The lowest BCUT2D eigenvalue weighted by Crippen LogP contribution is -2.41. The minimum atomic E-state index is 0.0486. The van der Waals surface area contributed by atoms with Crippen molar-refractivity contribution in [3.8, 4) is 5.75 Å². The second-order valence-corrected chi connectivity index (χ2v) is 8.89. The molecule has 2 heterocycles. The molecule has 2 aromatic rings. The van der Waals surface area contributed by atoms with Crippen LogP contribution in [0.25, 0.3) is 0 Å². The lowest BCUT2D eigenvalue weighted by atomic mass is 9.90. The summed E-state index contributed by atoms with van der Waals surface area (Å²) in [6.45, 7) is 8.46. The molecule has 7 heteroatoms. The number of aromatic nitrogens is 2. The number of ether oxygens (including phenoxy) is 2. The van der Waals surface area contributed by atoms with Gasteiger partial charge in [-0.05, 0) is 31.2 Å². The topological polar surface area (TPSA) is 68.6 Å². The number of nitrogens with one attached hydrogen (secondary N) is 1. The third-order valence-corrected chi connectivity index (χ3v) is 6.16. The number of rotatable bonds is 7. The molecule has 2 aliphatic rings. The molecule has 4 rings (SSSR count). The van der Waals surface area contributed by atoms with Gasteiger partial charge in [-0.1, -0.05) is 32.0 Å². The van der Waals surface area contributed by atoms with E-state index in [1.54, 1.807) is 7.11 Å². The van der Waals surface area contributed by atoms with Crippen LogP contribution < -0.4 is 10.1 Å². The molecule has 7 nitrogen and oxygen atoms in total. The summed E-state index contributed by atoms with van der Waals surface area (Å²) in [7, 11) is 1.71. The number of carbonyl (C=O) groups excluding carboxylic acids is 1. The minimum Gasteiger partial charge on any atom is -0.496 e. The van der Waals surface area contributed by atoms with E-state index in [4.69, 9.17) is 14.6 Å². The maximum absolute atomic E-state index is 13.3. The lowest BCUT2D eigenvalue weighted by Gasteiger charge is -2.28. The van der Waals surface area contributed by atoms with E-state index in [0.29, 0.717) is 44.0 Å². The second-order valence-electron chi connectivity index (χ2n) is 8.89. The van der Waals surface area contributed by atoms with Crippen LogP contribution in [0, 0.1) is 5.92 Å². The number of nitrogens with zero attached hydrogens (tertiary/aromatic N) is 3. The fraction of sp³-hybridized carbons (Fsp3) is 0.583. The SMILES string of the molecule is COc1ccccc1CN[C@H]1CCc2c(c(C(=O)N3CCOCC3)nn2CC(C)C)C1. The lowest BCUT2D eigenvalue weighted by molar-refractivity contribution is 0.0297. The van der Waals surface area contributed by atoms with Crippen LogP contribution in [0.4, 0.5) is 0 Å². The molecular formula is C24H34N4O3. The van der Waals surface area contributed by atoms with E-state index >= 15 is 0 Å². The van der Waals surface area contributed by atoms with Crippen molar-refractivity contribution in [3.05, 3.63) is 46.8 Å². The summed E-state index contributed by atoms with van der Waals surface area (Å²) < 4.78 is 13.0. The Kier molecular flexibility index (Phi) is 6.92. The van der Waals surface area contributed by atoms with Gasteiger partial charge >= 0.3 is 0 Å². The molecule has 1 N–H and O–H groups in total. The zero-order chi connectivity index (χ0) is 21.8. The Morgan fingerprint density at radius 3 is 2.81 bits per heavy atom. The molecule has 168 valence electrons. The highest BCUT2D eigenvalue weighted by Crippen LogP contribution is 2.27. The Labute approximate surface area is 184 Å². The van der Waals surface area contributed by atoms with Crippen molar-refractivity contribution in [1.82, 2.24) is 20.0 Å². The number of morpholine rings is 1. The van der Waals surface area contributed by atoms with Crippen LogP contribution in [0.2, 0.25) is 0 Å². The molecule has 1 amide bonds. The molecule has 31 heavy (non-hydrogen) atoms. The zero-order valence-electron chi connectivity index (χ0n) is 18.9. The first kappa shape index (κ1) is 21.8. The van der Waals surface area contributed by atoms with E-state index in [1.807, 2.05) is 23.1 Å². The molecule has 0 radical (unpaired) electrons. The Morgan fingerprint density at radius 1 is 1.29 bits per heavy atom. The summed E-state index contributed by atoms with van der Waals surface area (Å²) >= 11 is 0. The van der Waals surface area contributed by atoms with E-state index in [2.05, 4.69) is 29.9 Å². The molecule has 1 aromatic heterocycles. The first-order valence-electron chi connectivity index (χ1n) is 11.4. The van der Waals surface area contributed by atoms with Gasteiger partial charge in [-0.2, -0.15) is 5.10 Å². The molecule has 0 bridgehead atoms. The third-order valence-electron chi connectivity index (χ3n) is 6.16. The summed E-state index contributed by atoms with van der Waals surface area (Å²) in [5, 5.41) is 8.51. The first-order chi connectivity index (χ1) is 15.1. The van der Waals surface area contributed by atoms with Gasteiger partial charge in [0.15, 0.2) is 5.69 Å². The van der Waals surface area contributed by atoms with E-state index in [1.165, 1.54) is 5.69 Å². The molecule has 0 unspecified atom stereocenters. The molecule has 0 spiro atoms. The predicted octanol–water partition coefficient (Wildman–Crippen LogP) is 2.67. The number of fused-ring (bicyclic) bond motifs is 1. The average molecular weight is 427 g/mol. The maximum atomic E-state index is 13.3. The van der Waals surface area contributed by atoms with Gasteiger partial charge in [-0.3, -0.25) is 9.48 Å². The average Bonchev–Trinajstić information content (AvgIpc) is 3.15. The van der Waals surface area contributed by atoms with Gasteiger partial charge in [-0.25, -0.2) is 0 Å². The number of benzene rings is 1. The number of hydrogen-bond donors (Lipinski definition) is 1. The molecule has 1 saturated heterocycles. The van der Waals surface area contributed by atoms with Crippen molar-refractivity contribution in [1.29, 1.82) is 0 Å². The molecule has 1 aliphatic carbocycles. The number of hydrogen-bond acceptors (Lipinski definition) is 5. The van der Waals surface area contributed by atoms with Crippen molar-refractivity contribution in [2.75, 3.05) is 33.4 Å². The Morgan fingerprint density at radius 2 is 2.06 bits per heavy atom. The summed E-state index contributed by atoms with van der Waals surface area (Å²) in [4.78, 5) is 15.2. The fourth-order valence-corrected chi connectivity index (χ4v) is 4.55. The second kappa shape index (κ2) is 9.83. The monoisotopic (exact) mass is 426 g/mol. The van der Waals surface area contributed by atoms with Crippen molar-refractivity contribution in [2.45, 2.75) is 52.2 Å². The smallest absolute Gasteiger partial charge is 0.274 e. The first-order valence-corrected chi connectivity index (χ1v) is 11.4. The highest BCUT2D eigenvalue weighted by molar-refractivity contribution is 5.94. The van der Waals surface area contributed by atoms with E-state index in [9.17, 15) is 4.79 Å². The number of amides is 1. The van der Waals surface area contributed by atoms with E-state index in [-0.39, 0.29) is 5.91 Å². The molecule has 1 atom stereocenters. The molecule has 1 fully saturated rings. The number of methoxy groups -OCH3 is 1. The van der Waals surface area contributed by atoms with Gasteiger partial charge < -0.3 is 19.7 Å². The van der Waals surface area contributed by atoms with E-state index in [0.717, 1.165) is 49.2 Å². The maximum Gasteiger partial charge on any atom is 0.274 e. The van der Waals surface area contributed by atoms with Gasteiger partial charge in [0.2, 0.25) is 0 Å². The Balaban J connectivity index is 1.53. The van der Waals surface area contributed by atoms with Crippen LogP contribution in [0.5, 0.6) is 5.75 Å². The Bertz CT molecular complexity index is 902. The molecule has 1 aliphatic heterocycles. The normalized spacial score (nSPS) is 18.8. The highest BCUT2D eigenvalue weighted by Gasteiger charge is 2.31. The van der Waals surface area contributed by atoms with Gasteiger partial charge in [0.25, 0.3) is 5.91 Å².